The second-order valence-electron chi connectivity index (χ2n) is 12.2. The van der Waals surface area contributed by atoms with Crippen molar-refractivity contribution in [2.45, 2.75) is 0 Å². The molecule has 0 fully saturated rings. The van der Waals surface area contributed by atoms with Crippen molar-refractivity contribution in [3.8, 4) is 51.0 Å². The van der Waals surface area contributed by atoms with Crippen molar-refractivity contribution in [1.82, 2.24) is 24.5 Å². The molecular formula is C42H23N5O. The summed E-state index contributed by atoms with van der Waals surface area (Å²) in [5.74, 6) is 1.25. The Morgan fingerprint density at radius 1 is 0.438 bits per heavy atom. The molecule has 48 heavy (non-hydrogen) atoms. The van der Waals surface area contributed by atoms with Gasteiger partial charge < -0.3 is 8.98 Å². The number of hydrogen-bond donors (Lipinski definition) is 0. The molecule has 6 heteroatoms. The lowest BCUT2D eigenvalue weighted by atomic mass is 10.1. The summed E-state index contributed by atoms with van der Waals surface area (Å²) in [6.07, 6.45) is 0. The van der Waals surface area contributed by atoms with Crippen LogP contribution in [0.1, 0.15) is 0 Å². The predicted octanol–water partition coefficient (Wildman–Crippen LogP) is 10.4. The zero-order valence-corrected chi connectivity index (χ0v) is 25.4. The number of furan rings is 1. The summed E-state index contributed by atoms with van der Waals surface area (Å²) in [4.78, 5) is 20.7. The van der Waals surface area contributed by atoms with Crippen LogP contribution in [0.25, 0.3) is 106 Å². The number of benzene rings is 6. The van der Waals surface area contributed by atoms with E-state index in [4.69, 9.17) is 24.4 Å². The monoisotopic (exact) mass is 613 g/mol. The van der Waals surface area contributed by atoms with Crippen LogP contribution in [0.3, 0.4) is 0 Å². The maximum Gasteiger partial charge on any atom is 0.168 e. The molecule has 6 nitrogen and oxygen atoms in total. The molecule has 1 aliphatic carbocycles. The fraction of sp³-hybridized carbons (Fsp3) is 0. The van der Waals surface area contributed by atoms with Crippen LogP contribution in [0, 0.1) is 0 Å². The topological polar surface area (TPSA) is 69.6 Å². The highest BCUT2D eigenvalue weighted by atomic mass is 16.3. The Morgan fingerprint density at radius 2 is 1.08 bits per heavy atom. The molecule has 0 saturated heterocycles. The number of para-hydroxylation sites is 3. The molecule has 222 valence electrons. The number of nitrogens with zero attached hydrogens (tertiary/aromatic N) is 5. The third-order valence-electron chi connectivity index (χ3n) is 9.58. The molecule has 0 spiro atoms. The standard InChI is InChI=1S/C42H23N5O/c1-2-11-25(12-3-1)47-32-18-8-6-13-26(32)31-23-24(21-22-33(31)47)40-43-38-27-14-4-5-15-28(27)39-37(38)42(45-40)46-41(44-39)30-17-10-20-35-36(30)29-16-7-9-19-34(29)48-35/h1-23H. The molecule has 0 N–H and O–H groups in total. The van der Waals surface area contributed by atoms with Gasteiger partial charge in [-0.15, -0.1) is 0 Å². The van der Waals surface area contributed by atoms with E-state index in [0.717, 1.165) is 83.1 Å². The Kier molecular flexibility index (Phi) is 5.02. The highest BCUT2D eigenvalue weighted by molar-refractivity contribution is 6.15. The fourth-order valence-electron chi connectivity index (χ4n) is 7.50. The number of rotatable bonds is 3. The van der Waals surface area contributed by atoms with Crippen LogP contribution in [-0.2, 0) is 0 Å². The first-order valence-electron chi connectivity index (χ1n) is 16.0. The van der Waals surface area contributed by atoms with Crippen molar-refractivity contribution in [3.63, 3.8) is 0 Å². The van der Waals surface area contributed by atoms with Crippen LogP contribution in [0.4, 0.5) is 0 Å². The Morgan fingerprint density at radius 3 is 1.94 bits per heavy atom. The summed E-state index contributed by atoms with van der Waals surface area (Å²) >= 11 is 0. The summed E-state index contributed by atoms with van der Waals surface area (Å²) in [5, 5.41) is 5.25. The van der Waals surface area contributed by atoms with E-state index in [1.807, 2.05) is 42.5 Å². The van der Waals surface area contributed by atoms with Crippen LogP contribution < -0.4 is 0 Å². The zero-order chi connectivity index (χ0) is 31.3. The van der Waals surface area contributed by atoms with E-state index in [2.05, 4.69) is 102 Å². The molecule has 0 atom stereocenters. The Labute approximate surface area is 273 Å². The fourth-order valence-corrected chi connectivity index (χ4v) is 7.50. The lowest BCUT2D eigenvalue weighted by Crippen LogP contribution is -1.99. The van der Waals surface area contributed by atoms with Crippen LogP contribution in [0.2, 0.25) is 0 Å². The minimum absolute atomic E-state index is 0.614. The first-order chi connectivity index (χ1) is 23.8. The lowest BCUT2D eigenvalue weighted by molar-refractivity contribution is 0.669. The smallest absolute Gasteiger partial charge is 0.168 e. The maximum atomic E-state index is 6.21. The van der Waals surface area contributed by atoms with Crippen molar-refractivity contribution >= 4 is 54.8 Å². The van der Waals surface area contributed by atoms with E-state index in [1.165, 1.54) is 5.39 Å². The minimum atomic E-state index is 0.614. The Bertz CT molecular complexity index is 2960. The average molecular weight is 614 g/mol. The highest BCUT2D eigenvalue weighted by Gasteiger charge is 2.28. The van der Waals surface area contributed by atoms with E-state index in [1.54, 1.807) is 0 Å². The Hall–Kier alpha value is -6.66. The summed E-state index contributed by atoms with van der Waals surface area (Å²) in [7, 11) is 0. The quantitative estimate of drug-likeness (QED) is 0.198. The molecule has 0 amide bonds. The van der Waals surface area contributed by atoms with E-state index in [0.29, 0.717) is 17.3 Å². The van der Waals surface area contributed by atoms with Gasteiger partial charge in [-0.25, -0.2) is 19.9 Å². The zero-order valence-electron chi connectivity index (χ0n) is 25.4. The molecule has 4 heterocycles. The van der Waals surface area contributed by atoms with Gasteiger partial charge in [-0.05, 0) is 48.5 Å². The van der Waals surface area contributed by atoms with Gasteiger partial charge in [0.2, 0.25) is 0 Å². The van der Waals surface area contributed by atoms with Gasteiger partial charge in [0.15, 0.2) is 17.3 Å². The molecule has 10 aromatic rings. The number of hydrogen-bond acceptors (Lipinski definition) is 5. The third-order valence-corrected chi connectivity index (χ3v) is 9.58. The second kappa shape index (κ2) is 9.44. The number of aromatic nitrogens is 5. The normalized spacial score (nSPS) is 12.2. The molecule has 0 radical (unpaired) electrons. The van der Waals surface area contributed by atoms with Crippen LogP contribution in [0.15, 0.2) is 144 Å². The molecular weight excluding hydrogens is 590 g/mol. The third kappa shape index (κ3) is 3.46. The van der Waals surface area contributed by atoms with Crippen molar-refractivity contribution < 1.29 is 4.42 Å². The Balaban J connectivity index is 1.17. The van der Waals surface area contributed by atoms with Crippen LogP contribution in [-0.4, -0.2) is 24.5 Å². The van der Waals surface area contributed by atoms with Gasteiger partial charge in [-0.1, -0.05) is 91.0 Å². The molecule has 1 aliphatic rings. The average Bonchev–Trinajstić information content (AvgIpc) is 3.80. The second-order valence-corrected chi connectivity index (χ2v) is 12.2. The summed E-state index contributed by atoms with van der Waals surface area (Å²) < 4.78 is 8.53. The van der Waals surface area contributed by atoms with E-state index in [9.17, 15) is 0 Å². The van der Waals surface area contributed by atoms with Crippen LogP contribution in [0.5, 0.6) is 0 Å². The lowest BCUT2D eigenvalue weighted by Gasteiger charge is -2.09. The summed E-state index contributed by atoms with van der Waals surface area (Å²) in [5.41, 5.74) is 11.3. The van der Waals surface area contributed by atoms with Gasteiger partial charge in [-0.3, -0.25) is 0 Å². The van der Waals surface area contributed by atoms with Gasteiger partial charge in [-0.2, -0.15) is 0 Å². The van der Waals surface area contributed by atoms with E-state index in [-0.39, 0.29) is 0 Å². The summed E-state index contributed by atoms with van der Waals surface area (Å²) in [6.45, 7) is 0. The van der Waals surface area contributed by atoms with Gasteiger partial charge in [0.1, 0.15) is 11.2 Å². The van der Waals surface area contributed by atoms with Crippen molar-refractivity contribution in [3.05, 3.63) is 140 Å². The van der Waals surface area contributed by atoms with Crippen molar-refractivity contribution in [1.29, 1.82) is 0 Å². The highest BCUT2D eigenvalue weighted by Crippen LogP contribution is 2.46. The molecule has 4 aromatic heterocycles. The van der Waals surface area contributed by atoms with Gasteiger partial charge >= 0.3 is 0 Å². The predicted molar refractivity (Wildman–Crippen MR) is 192 cm³/mol. The van der Waals surface area contributed by atoms with E-state index < -0.39 is 0 Å². The molecule has 6 aromatic carbocycles. The van der Waals surface area contributed by atoms with E-state index >= 15 is 0 Å². The number of fused-ring (bicyclic) bond motifs is 9. The molecule has 11 rings (SSSR count). The van der Waals surface area contributed by atoms with Gasteiger partial charge in [0.25, 0.3) is 0 Å². The van der Waals surface area contributed by atoms with Crippen LogP contribution >= 0.6 is 0 Å². The van der Waals surface area contributed by atoms with Gasteiger partial charge in [0, 0.05) is 49.5 Å². The maximum absolute atomic E-state index is 6.21. The van der Waals surface area contributed by atoms with Crippen molar-refractivity contribution in [2.24, 2.45) is 0 Å². The van der Waals surface area contributed by atoms with Crippen molar-refractivity contribution in [2.75, 3.05) is 0 Å². The largest absolute Gasteiger partial charge is 0.456 e. The SMILES string of the molecule is c1ccc(-n2c3ccccc3c3cc(-c4nc5c6c(nc(-c7cccc8oc9ccccc9c78)nc6n4)-c4ccccc4-5)ccc32)cc1. The minimum Gasteiger partial charge on any atom is -0.456 e. The molecule has 0 unspecified atom stereocenters. The summed E-state index contributed by atoms with van der Waals surface area (Å²) in [6, 6.07) is 48.1. The van der Waals surface area contributed by atoms with Gasteiger partial charge in [0.05, 0.1) is 27.8 Å². The molecule has 0 aliphatic heterocycles. The molecule has 0 saturated carbocycles. The first-order valence-corrected chi connectivity index (χ1v) is 16.0. The molecule has 0 bridgehead atoms. The first kappa shape index (κ1) is 25.5.